The lowest BCUT2D eigenvalue weighted by Gasteiger charge is -2.34. The Kier molecular flexibility index (Phi) is 40.1. The van der Waals surface area contributed by atoms with Gasteiger partial charge in [0.25, 0.3) is 0 Å². The number of esters is 6. The third-order valence-corrected chi connectivity index (χ3v) is 15.6. The second kappa shape index (κ2) is 44.5. The number of ether oxygens (including phenoxy) is 6. The lowest BCUT2D eigenvalue weighted by molar-refractivity contribution is -0.159. The molecule has 568 valence electrons. The average molecular weight is 1400 g/mol. The number of hydrogen-bond acceptors (Lipinski definition) is 19. The van der Waals surface area contributed by atoms with Gasteiger partial charge in [0.15, 0.2) is 0 Å². The number of carbonyl (C=O) groups excluding carboxylic acids is 9. The largest absolute Gasteiger partial charge is 0.460 e. The van der Waals surface area contributed by atoms with Crippen molar-refractivity contribution in [3.63, 3.8) is 0 Å². The van der Waals surface area contributed by atoms with E-state index in [-0.39, 0.29) is 69.8 Å². The molecular formula is C76H134N8O15. The smallest absolute Gasteiger partial charge is 0.329 e. The molecule has 23 heteroatoms. The van der Waals surface area contributed by atoms with Crippen molar-refractivity contribution in [1.29, 1.82) is 0 Å². The monoisotopic (exact) mass is 1400 g/mol. The molecular weight excluding hydrogens is 1260 g/mol. The highest BCUT2D eigenvalue weighted by atomic mass is 16.6. The van der Waals surface area contributed by atoms with E-state index in [1.807, 2.05) is 94.0 Å². The van der Waals surface area contributed by atoms with Crippen LogP contribution in [0, 0.1) is 0 Å². The second-order valence-corrected chi connectivity index (χ2v) is 32.7. The van der Waals surface area contributed by atoms with Gasteiger partial charge >= 0.3 is 41.8 Å². The van der Waals surface area contributed by atoms with Crippen LogP contribution in [0.25, 0.3) is 0 Å². The number of nitrogens with one attached hydrogen (secondary N) is 4. The fourth-order valence-corrected chi connectivity index (χ4v) is 11.1. The van der Waals surface area contributed by atoms with E-state index >= 15 is 0 Å². The zero-order valence-electron chi connectivity index (χ0n) is 64.8. The van der Waals surface area contributed by atoms with E-state index in [0.717, 1.165) is 31.2 Å². The number of benzene rings is 1. The number of carbonyl (C=O) groups is 9. The zero-order chi connectivity index (χ0) is 74.6. The topological polar surface area (TPSA) is 270 Å². The van der Waals surface area contributed by atoms with E-state index in [9.17, 15) is 43.2 Å². The molecule has 23 nitrogen and oxygen atoms in total. The molecule has 1 fully saturated rings. The molecule has 0 radical (unpaired) electrons. The normalized spacial score (nSPS) is 15.6. The summed E-state index contributed by atoms with van der Waals surface area (Å²) in [6.45, 7) is 37.4. The molecule has 1 heterocycles. The van der Waals surface area contributed by atoms with E-state index in [4.69, 9.17) is 28.4 Å². The molecule has 4 amide bonds. The van der Waals surface area contributed by atoms with Crippen molar-refractivity contribution in [3.8, 4) is 0 Å². The van der Waals surface area contributed by atoms with Gasteiger partial charge in [0, 0.05) is 71.0 Å². The highest BCUT2D eigenvalue weighted by Crippen LogP contribution is 2.26. The van der Waals surface area contributed by atoms with Crippen LogP contribution in [0.2, 0.25) is 0 Å². The van der Waals surface area contributed by atoms with Crippen LogP contribution in [-0.2, 0) is 66.8 Å². The fraction of sp³-hybridized carbons (Fsp3) is 0.803. The summed E-state index contributed by atoms with van der Waals surface area (Å²) in [6.07, 6.45) is 18.2. The van der Waals surface area contributed by atoms with Crippen LogP contribution in [0.3, 0.4) is 0 Å². The van der Waals surface area contributed by atoms with Crippen LogP contribution in [0.5, 0.6) is 0 Å². The Morgan fingerprint density at radius 2 is 0.707 bits per heavy atom. The van der Waals surface area contributed by atoms with Crippen molar-refractivity contribution in [3.05, 3.63) is 29.8 Å². The lowest BCUT2D eigenvalue weighted by Crippen LogP contribution is -2.53. The van der Waals surface area contributed by atoms with E-state index in [0.29, 0.717) is 77.3 Å². The Labute approximate surface area is 595 Å². The molecule has 2 rings (SSSR count). The van der Waals surface area contributed by atoms with Crippen molar-refractivity contribution in [2.75, 3.05) is 90.4 Å². The first kappa shape index (κ1) is 89.2. The van der Waals surface area contributed by atoms with Crippen LogP contribution in [0.1, 0.15) is 271 Å². The van der Waals surface area contributed by atoms with Gasteiger partial charge < -0.3 is 49.7 Å². The van der Waals surface area contributed by atoms with Crippen molar-refractivity contribution < 1.29 is 71.6 Å². The Morgan fingerprint density at radius 1 is 0.384 bits per heavy atom. The molecule has 0 spiro atoms. The lowest BCUT2D eigenvalue weighted by atomic mass is 9.91. The minimum absolute atomic E-state index is 0.00757. The SMILES string of the molecule is CCCCCCCCCCCCCCCCC(C(=O)NCCCCC(NC(=O)NC(CCC(=O)OC(C)(C)C)C(=O)OC(C)(C)C)C(=O)OC(C)(C)C)c1ccc(NC(=O)CN2CCN(CC(=O)OC(C)(C)C)CCN(CC(=O)OC(C)(C)C)CCN(CC(=O)OC(C)(C)C)CC2)cc1. The Hall–Kier alpha value is -5.91. The summed E-state index contributed by atoms with van der Waals surface area (Å²) < 4.78 is 33.9. The summed E-state index contributed by atoms with van der Waals surface area (Å²) in [5.41, 5.74) is -3.30. The van der Waals surface area contributed by atoms with Gasteiger partial charge in [0.05, 0.1) is 32.1 Å². The summed E-state index contributed by atoms with van der Waals surface area (Å²) in [5.74, 6) is -4.10. The van der Waals surface area contributed by atoms with Gasteiger partial charge in [-0.1, -0.05) is 109 Å². The van der Waals surface area contributed by atoms with E-state index in [1.165, 1.54) is 64.2 Å². The molecule has 3 unspecified atom stereocenters. The standard InChI is InChI=1S/C76H134N8O15/c1-20-21-22-23-24-25-26-27-28-29-30-31-32-33-36-59(67(90)77-44-35-34-37-60(68(91)98-75(14,15)16)79-70(93)80-61(69(92)99-76(17,18)19)42-43-63(86)94-71(2,3)4)57-38-40-58(41-39-57)78-62(85)53-81-45-47-82(54-64(87)95-72(5,6)7)49-51-84(56-66(89)97-74(11,12)13)52-50-83(48-46-81)55-65(88)96-73(8,9)10/h38-41,59-61H,20-37,42-56H2,1-19H3,(H,77,90)(H,78,85)(H2,79,80,93). The highest BCUT2D eigenvalue weighted by molar-refractivity contribution is 5.92. The summed E-state index contributed by atoms with van der Waals surface area (Å²) in [6, 6.07) is 4.18. The van der Waals surface area contributed by atoms with Gasteiger partial charge in [-0.25, -0.2) is 14.4 Å². The fourth-order valence-electron chi connectivity index (χ4n) is 11.1. The number of urea groups is 1. The van der Waals surface area contributed by atoms with Crippen LogP contribution in [0.4, 0.5) is 10.5 Å². The molecule has 1 saturated heterocycles. The maximum atomic E-state index is 14.4. The summed E-state index contributed by atoms with van der Waals surface area (Å²) in [7, 11) is 0. The number of unbranched alkanes of at least 4 members (excludes halogenated alkanes) is 14. The maximum absolute atomic E-state index is 14.4. The predicted octanol–water partition coefficient (Wildman–Crippen LogP) is 12.0. The first-order chi connectivity index (χ1) is 46.0. The molecule has 0 aromatic heterocycles. The third-order valence-electron chi connectivity index (χ3n) is 15.6. The molecule has 1 aromatic rings. The molecule has 99 heavy (non-hydrogen) atoms. The molecule has 1 aromatic carbocycles. The van der Waals surface area contributed by atoms with Crippen LogP contribution in [0.15, 0.2) is 24.3 Å². The molecule has 0 aliphatic carbocycles. The van der Waals surface area contributed by atoms with Crippen LogP contribution in [-0.4, -0.2) is 204 Å². The molecule has 4 N–H and O–H groups in total. The van der Waals surface area contributed by atoms with Crippen LogP contribution < -0.4 is 21.3 Å². The van der Waals surface area contributed by atoms with E-state index in [2.05, 4.69) is 28.2 Å². The first-order valence-corrected chi connectivity index (χ1v) is 36.9. The Morgan fingerprint density at radius 3 is 1.07 bits per heavy atom. The van der Waals surface area contributed by atoms with Crippen molar-refractivity contribution in [2.24, 2.45) is 0 Å². The van der Waals surface area contributed by atoms with E-state index in [1.54, 1.807) is 74.4 Å². The summed E-state index contributed by atoms with van der Waals surface area (Å²) >= 11 is 0. The van der Waals surface area contributed by atoms with Gasteiger partial charge in [-0.15, -0.1) is 0 Å². The maximum Gasteiger partial charge on any atom is 0.329 e. The van der Waals surface area contributed by atoms with Crippen LogP contribution >= 0.6 is 0 Å². The number of rotatable bonds is 38. The minimum atomic E-state index is -1.24. The molecule has 0 saturated carbocycles. The first-order valence-electron chi connectivity index (χ1n) is 36.9. The number of hydrogen-bond donors (Lipinski definition) is 4. The van der Waals surface area contributed by atoms with Gasteiger partial charge in [0.1, 0.15) is 45.7 Å². The average Bonchev–Trinajstić information content (AvgIpc) is 1.09. The van der Waals surface area contributed by atoms with Gasteiger partial charge in [-0.3, -0.25) is 48.4 Å². The van der Waals surface area contributed by atoms with Gasteiger partial charge in [-0.05, 0) is 174 Å². The van der Waals surface area contributed by atoms with Crippen molar-refractivity contribution in [1.82, 2.24) is 35.6 Å². The third kappa shape index (κ3) is 46.3. The molecule has 1 aliphatic heterocycles. The van der Waals surface area contributed by atoms with Crippen molar-refractivity contribution >= 4 is 59.3 Å². The van der Waals surface area contributed by atoms with Gasteiger partial charge in [-0.2, -0.15) is 0 Å². The molecule has 1 aliphatic rings. The molecule has 3 atom stereocenters. The number of amides is 4. The quantitative estimate of drug-likeness (QED) is 0.0272. The highest BCUT2D eigenvalue weighted by Gasteiger charge is 2.33. The Bertz CT molecular complexity index is 2550. The second-order valence-electron chi connectivity index (χ2n) is 32.7. The summed E-state index contributed by atoms with van der Waals surface area (Å²) in [4.78, 5) is 130. The number of nitrogens with zero attached hydrogens (tertiary/aromatic N) is 4. The zero-order valence-corrected chi connectivity index (χ0v) is 64.8. The van der Waals surface area contributed by atoms with E-state index < -0.39 is 87.5 Å². The van der Waals surface area contributed by atoms with Crippen molar-refractivity contribution in [2.45, 2.75) is 312 Å². The Balaban J connectivity index is 2.36. The predicted molar refractivity (Wildman–Crippen MR) is 389 cm³/mol. The van der Waals surface area contributed by atoms with Gasteiger partial charge in [0.2, 0.25) is 11.8 Å². The molecule has 0 bridgehead atoms. The summed E-state index contributed by atoms with van der Waals surface area (Å²) in [5, 5.41) is 11.5. The number of anilines is 1. The minimum Gasteiger partial charge on any atom is -0.460 e.